The number of carbonyl (C=O) groups is 3. The number of ether oxygens (including phenoxy) is 5. The molecule has 0 aromatic heterocycles. The smallest absolute Gasteiger partial charge is 0.338 e. The summed E-state index contributed by atoms with van der Waals surface area (Å²) in [5, 5.41) is 0. The predicted molar refractivity (Wildman–Crippen MR) is 192 cm³/mol. The van der Waals surface area contributed by atoms with Crippen molar-refractivity contribution >= 4 is 17.9 Å². The highest BCUT2D eigenvalue weighted by atomic mass is 16.8. The Balaban J connectivity index is 1.23. The minimum absolute atomic E-state index is 0.261. The molecule has 0 unspecified atom stereocenters. The van der Waals surface area contributed by atoms with Crippen LogP contribution in [0.5, 0.6) is 0 Å². The van der Waals surface area contributed by atoms with Gasteiger partial charge in [-0.25, -0.2) is 14.4 Å². The molecule has 1 saturated carbocycles. The van der Waals surface area contributed by atoms with Gasteiger partial charge in [0.2, 0.25) is 0 Å². The van der Waals surface area contributed by atoms with E-state index in [4.69, 9.17) is 23.7 Å². The number of esters is 3. The van der Waals surface area contributed by atoms with Gasteiger partial charge in [-0.05, 0) is 86.6 Å². The summed E-state index contributed by atoms with van der Waals surface area (Å²) >= 11 is 0. The summed E-state index contributed by atoms with van der Waals surface area (Å²) in [7, 11) is 0. The highest BCUT2D eigenvalue weighted by Gasteiger charge is 2.47. The van der Waals surface area contributed by atoms with E-state index in [0.717, 1.165) is 55.6 Å². The summed E-state index contributed by atoms with van der Waals surface area (Å²) in [4.78, 5) is 36.6. The third-order valence-electron chi connectivity index (χ3n) is 9.44. The normalized spacial score (nSPS) is 20.4. The average molecular weight is 687 g/mol. The second-order valence-corrected chi connectivity index (χ2v) is 13.3. The van der Waals surface area contributed by atoms with E-state index in [1.165, 1.54) is 56.6 Å². The van der Waals surface area contributed by atoms with E-state index < -0.39 is 30.4 Å². The topological polar surface area (TPSA) is 97.4 Å². The number of rotatable bonds is 18. The zero-order chi connectivity index (χ0) is 35.6. The number of carbonyl (C=O) groups excluding carboxylic acids is 3. The van der Waals surface area contributed by atoms with Crippen molar-refractivity contribution in [3.8, 4) is 11.8 Å². The third-order valence-corrected chi connectivity index (χ3v) is 9.44. The molecule has 2 aromatic rings. The van der Waals surface area contributed by atoms with Crippen LogP contribution in [0.1, 0.15) is 132 Å². The Morgan fingerprint density at radius 3 is 1.70 bits per heavy atom. The van der Waals surface area contributed by atoms with Crippen LogP contribution in [0.15, 0.2) is 61.2 Å². The van der Waals surface area contributed by atoms with Crippen LogP contribution < -0.4 is 0 Å². The first-order valence-corrected chi connectivity index (χ1v) is 18.6. The molecule has 1 saturated heterocycles. The fraction of sp³-hybridized carbons (Fsp3) is 0.548. The second-order valence-electron chi connectivity index (χ2n) is 13.3. The Kier molecular flexibility index (Phi) is 16.6. The molecule has 1 heterocycles. The van der Waals surface area contributed by atoms with Crippen LogP contribution in [0, 0.1) is 17.8 Å². The molecule has 2 aliphatic rings. The lowest BCUT2D eigenvalue weighted by Gasteiger charge is -2.29. The van der Waals surface area contributed by atoms with Crippen LogP contribution >= 0.6 is 0 Å². The van der Waals surface area contributed by atoms with Crippen molar-refractivity contribution in [1.29, 1.82) is 0 Å². The monoisotopic (exact) mass is 686 g/mol. The zero-order valence-electron chi connectivity index (χ0n) is 29.9. The van der Waals surface area contributed by atoms with Crippen LogP contribution in [-0.2, 0) is 38.1 Å². The highest BCUT2D eigenvalue weighted by molar-refractivity contribution is 5.86. The Labute approximate surface area is 298 Å². The first-order valence-electron chi connectivity index (χ1n) is 18.6. The van der Waals surface area contributed by atoms with Gasteiger partial charge in [-0.15, -0.1) is 0 Å². The Morgan fingerprint density at radius 1 is 0.680 bits per heavy atom. The molecule has 2 atom stereocenters. The molecule has 270 valence electrons. The third kappa shape index (κ3) is 12.4. The van der Waals surface area contributed by atoms with Crippen molar-refractivity contribution in [2.75, 3.05) is 19.8 Å². The number of unbranched alkanes of at least 4 members (excludes halogenated alkanes) is 5. The molecule has 1 aliphatic carbocycles. The standard InChI is InChI=1S/C42H54O8/c1-4-7-28-47-40(44)38-39(41(45)48-29-8-5-2)50-42(49-38)36-26-20-33(21-27-36)15-14-32-18-24-35(25-19-32)34-22-16-31(17-23-34)13-11-9-10-12-30-46-37(43)6-3/h6,18-21,24-27,31,34,38-39,42H,3-5,7-13,16-17,22-23,28-30H2,1-2H3/t31?,34?,38-,39-/m1/s1. The molecule has 1 aliphatic heterocycles. The predicted octanol–water partition coefficient (Wildman–Crippen LogP) is 8.51. The van der Waals surface area contributed by atoms with Gasteiger partial charge < -0.3 is 23.7 Å². The van der Waals surface area contributed by atoms with E-state index in [-0.39, 0.29) is 19.2 Å². The first kappa shape index (κ1) is 38.9. The molecule has 0 bridgehead atoms. The summed E-state index contributed by atoms with van der Waals surface area (Å²) in [5.41, 5.74) is 3.86. The van der Waals surface area contributed by atoms with Gasteiger partial charge in [0.05, 0.1) is 19.8 Å². The SMILES string of the molecule is C=CC(=O)OCCCCCCC1CCC(c2ccc(C#Cc3ccc(C4O[C@@H](C(=O)OCCCC)[C@H](C(=O)OCCCC)O4)cc3)cc2)CC1. The minimum atomic E-state index is -1.19. The van der Waals surface area contributed by atoms with Crippen molar-refractivity contribution in [3.05, 3.63) is 83.4 Å². The van der Waals surface area contributed by atoms with E-state index in [2.05, 4.69) is 42.7 Å². The van der Waals surface area contributed by atoms with Crippen LogP contribution in [0.2, 0.25) is 0 Å². The van der Waals surface area contributed by atoms with Gasteiger partial charge in [0.25, 0.3) is 0 Å². The molecule has 8 heteroatoms. The molecule has 8 nitrogen and oxygen atoms in total. The van der Waals surface area contributed by atoms with Crippen molar-refractivity contribution < 1.29 is 38.1 Å². The van der Waals surface area contributed by atoms with Gasteiger partial charge in [-0.3, -0.25) is 0 Å². The Bertz CT molecular complexity index is 1380. The van der Waals surface area contributed by atoms with Gasteiger partial charge >= 0.3 is 17.9 Å². The largest absolute Gasteiger partial charge is 0.464 e. The second kappa shape index (κ2) is 21.3. The summed E-state index contributed by atoms with van der Waals surface area (Å²) in [5.74, 6) is 6.34. The van der Waals surface area contributed by atoms with Crippen LogP contribution in [-0.4, -0.2) is 49.9 Å². The van der Waals surface area contributed by atoms with Crippen LogP contribution in [0.3, 0.4) is 0 Å². The molecule has 4 rings (SSSR count). The molecule has 0 amide bonds. The molecular formula is C42H54O8. The van der Waals surface area contributed by atoms with E-state index in [1.54, 1.807) is 0 Å². The fourth-order valence-corrected chi connectivity index (χ4v) is 6.37. The minimum Gasteiger partial charge on any atom is -0.464 e. The summed E-state index contributed by atoms with van der Waals surface area (Å²) in [6, 6.07) is 16.1. The van der Waals surface area contributed by atoms with Gasteiger partial charge in [-0.1, -0.05) is 95.1 Å². The summed E-state index contributed by atoms with van der Waals surface area (Å²) < 4.78 is 27.6. The van der Waals surface area contributed by atoms with Crippen molar-refractivity contribution in [3.63, 3.8) is 0 Å². The van der Waals surface area contributed by atoms with Gasteiger partial charge in [-0.2, -0.15) is 0 Å². The Hall–Kier alpha value is -3.93. The molecule has 0 spiro atoms. The van der Waals surface area contributed by atoms with Crippen molar-refractivity contribution in [1.82, 2.24) is 0 Å². The lowest BCUT2D eigenvalue weighted by molar-refractivity contribution is -0.163. The molecule has 2 fully saturated rings. The van der Waals surface area contributed by atoms with Crippen LogP contribution in [0.25, 0.3) is 0 Å². The number of benzene rings is 2. The maximum Gasteiger partial charge on any atom is 0.338 e. The van der Waals surface area contributed by atoms with Crippen molar-refractivity contribution in [2.45, 2.75) is 122 Å². The summed E-state index contributed by atoms with van der Waals surface area (Å²) in [6.07, 6.45) is 11.9. The lowest BCUT2D eigenvalue weighted by atomic mass is 9.77. The van der Waals surface area contributed by atoms with E-state index in [1.807, 2.05) is 38.1 Å². The lowest BCUT2D eigenvalue weighted by Crippen LogP contribution is -2.39. The molecule has 2 aromatic carbocycles. The molecule has 0 N–H and O–H groups in total. The maximum absolute atomic E-state index is 12.8. The zero-order valence-corrected chi connectivity index (χ0v) is 29.9. The Morgan fingerprint density at radius 2 is 1.18 bits per heavy atom. The highest BCUT2D eigenvalue weighted by Crippen LogP contribution is 2.38. The summed E-state index contributed by atoms with van der Waals surface area (Å²) in [6.45, 7) is 8.44. The number of hydrogen-bond donors (Lipinski definition) is 0. The van der Waals surface area contributed by atoms with E-state index in [9.17, 15) is 14.4 Å². The van der Waals surface area contributed by atoms with Gasteiger partial charge in [0.15, 0.2) is 18.5 Å². The van der Waals surface area contributed by atoms with Crippen LogP contribution in [0.4, 0.5) is 0 Å². The van der Waals surface area contributed by atoms with E-state index >= 15 is 0 Å². The molecular weight excluding hydrogens is 632 g/mol. The number of hydrogen-bond acceptors (Lipinski definition) is 8. The molecule has 0 radical (unpaired) electrons. The van der Waals surface area contributed by atoms with Gasteiger partial charge in [0, 0.05) is 22.8 Å². The van der Waals surface area contributed by atoms with Gasteiger partial charge in [0.1, 0.15) is 0 Å². The molecule has 50 heavy (non-hydrogen) atoms. The fourth-order valence-electron chi connectivity index (χ4n) is 6.37. The van der Waals surface area contributed by atoms with E-state index in [0.29, 0.717) is 18.1 Å². The maximum atomic E-state index is 12.8. The first-order chi connectivity index (χ1) is 24.4. The average Bonchev–Trinajstić information content (AvgIpc) is 3.60. The van der Waals surface area contributed by atoms with Crippen molar-refractivity contribution in [2.24, 2.45) is 5.92 Å². The quantitative estimate of drug-likeness (QED) is 0.0506.